The van der Waals surface area contributed by atoms with E-state index in [1.807, 2.05) is 0 Å². The van der Waals surface area contributed by atoms with Gasteiger partial charge in [0.2, 0.25) is 0 Å². The average Bonchev–Trinajstić information content (AvgIpc) is 2.22. The highest BCUT2D eigenvalue weighted by atomic mass is 16.3. The van der Waals surface area contributed by atoms with E-state index >= 15 is 0 Å². The van der Waals surface area contributed by atoms with Crippen LogP contribution in [0.1, 0.15) is 30.0 Å². The van der Waals surface area contributed by atoms with Crippen LogP contribution in [0.4, 0.5) is 0 Å². The summed E-state index contributed by atoms with van der Waals surface area (Å²) < 4.78 is 0. The fourth-order valence-corrected chi connectivity index (χ4v) is 2.06. The van der Waals surface area contributed by atoms with Gasteiger partial charge in [-0.25, -0.2) is 0 Å². The van der Waals surface area contributed by atoms with Gasteiger partial charge in [0.25, 0.3) is 0 Å². The fraction of sp³-hybridized carbons (Fsp3) is 0.571. The minimum atomic E-state index is 0.281. The van der Waals surface area contributed by atoms with Gasteiger partial charge >= 0.3 is 0 Å². The van der Waals surface area contributed by atoms with Crippen molar-refractivity contribution in [3.05, 3.63) is 34.9 Å². The highest BCUT2D eigenvalue weighted by Gasteiger charge is 2.04. The van der Waals surface area contributed by atoms with Gasteiger partial charge in [-0.15, -0.1) is 0 Å². The molecular weight excluding hydrogens is 198 g/mol. The molecule has 0 aliphatic carbocycles. The van der Waals surface area contributed by atoms with E-state index in [0.717, 1.165) is 26.1 Å². The summed E-state index contributed by atoms with van der Waals surface area (Å²) in [6.45, 7) is 9.72. The van der Waals surface area contributed by atoms with E-state index in [1.165, 1.54) is 16.7 Å². The molecule has 0 atom stereocenters. The van der Waals surface area contributed by atoms with E-state index in [0.29, 0.717) is 0 Å². The highest BCUT2D eigenvalue weighted by molar-refractivity contribution is 5.28. The van der Waals surface area contributed by atoms with Crippen LogP contribution in [0.2, 0.25) is 0 Å². The molecule has 0 fully saturated rings. The van der Waals surface area contributed by atoms with E-state index < -0.39 is 0 Å². The zero-order valence-electron chi connectivity index (χ0n) is 10.7. The maximum atomic E-state index is 8.84. The minimum absolute atomic E-state index is 0.281. The average molecular weight is 221 g/mol. The van der Waals surface area contributed by atoms with Crippen LogP contribution < -0.4 is 0 Å². The van der Waals surface area contributed by atoms with Gasteiger partial charge in [0.1, 0.15) is 0 Å². The normalized spacial score (nSPS) is 11.1. The van der Waals surface area contributed by atoms with Crippen molar-refractivity contribution < 1.29 is 5.11 Å². The molecule has 0 spiro atoms. The Labute approximate surface area is 98.9 Å². The number of aryl methyl sites for hydroxylation is 2. The van der Waals surface area contributed by atoms with Crippen LogP contribution in [-0.4, -0.2) is 29.7 Å². The molecule has 0 unspecified atom stereocenters. The molecule has 0 amide bonds. The van der Waals surface area contributed by atoms with Crippen LogP contribution in [0.25, 0.3) is 0 Å². The Kier molecular flexibility index (Phi) is 5.50. The Balaban J connectivity index is 2.62. The summed E-state index contributed by atoms with van der Waals surface area (Å²) >= 11 is 0. The molecule has 2 heteroatoms. The van der Waals surface area contributed by atoms with Crippen molar-refractivity contribution in [1.82, 2.24) is 4.90 Å². The lowest BCUT2D eigenvalue weighted by Gasteiger charge is -2.20. The third-order valence-corrected chi connectivity index (χ3v) is 2.77. The van der Waals surface area contributed by atoms with Crippen LogP contribution >= 0.6 is 0 Å². The Morgan fingerprint density at radius 2 is 1.75 bits per heavy atom. The monoisotopic (exact) mass is 221 g/mol. The molecule has 0 saturated carbocycles. The predicted octanol–water partition coefficient (Wildman–Crippen LogP) is 2.51. The van der Waals surface area contributed by atoms with Gasteiger partial charge in [-0.05, 0) is 32.4 Å². The molecule has 0 aliphatic rings. The standard InChI is InChI=1S/C14H23NO/c1-4-15(6-5-7-16)11-14-9-12(2)8-13(3)10-14/h8-10,16H,4-7,11H2,1-3H3. The molecule has 2 nitrogen and oxygen atoms in total. The van der Waals surface area contributed by atoms with Crippen molar-refractivity contribution in [1.29, 1.82) is 0 Å². The number of aliphatic hydroxyl groups is 1. The zero-order chi connectivity index (χ0) is 12.0. The number of rotatable bonds is 6. The van der Waals surface area contributed by atoms with Gasteiger partial charge < -0.3 is 5.11 Å². The van der Waals surface area contributed by atoms with E-state index in [9.17, 15) is 0 Å². The van der Waals surface area contributed by atoms with Crippen LogP contribution in [0.3, 0.4) is 0 Å². The lowest BCUT2D eigenvalue weighted by Crippen LogP contribution is -2.24. The third-order valence-electron chi connectivity index (χ3n) is 2.77. The topological polar surface area (TPSA) is 23.5 Å². The summed E-state index contributed by atoms with van der Waals surface area (Å²) in [5.74, 6) is 0. The minimum Gasteiger partial charge on any atom is -0.396 e. The molecule has 0 radical (unpaired) electrons. The van der Waals surface area contributed by atoms with Crippen molar-refractivity contribution in [3.8, 4) is 0 Å². The molecule has 0 saturated heterocycles. The fourth-order valence-electron chi connectivity index (χ4n) is 2.06. The summed E-state index contributed by atoms with van der Waals surface area (Å²) in [6.07, 6.45) is 0.860. The lowest BCUT2D eigenvalue weighted by molar-refractivity contribution is 0.225. The first kappa shape index (κ1) is 13.2. The predicted molar refractivity (Wildman–Crippen MR) is 68.6 cm³/mol. The molecule has 16 heavy (non-hydrogen) atoms. The van der Waals surface area contributed by atoms with Crippen molar-refractivity contribution in [2.75, 3.05) is 19.7 Å². The molecule has 1 aromatic rings. The highest BCUT2D eigenvalue weighted by Crippen LogP contribution is 2.11. The molecule has 0 bridgehead atoms. The van der Waals surface area contributed by atoms with Gasteiger partial charge in [0, 0.05) is 19.7 Å². The van der Waals surface area contributed by atoms with Gasteiger partial charge in [0.05, 0.1) is 0 Å². The summed E-state index contributed by atoms with van der Waals surface area (Å²) in [7, 11) is 0. The van der Waals surface area contributed by atoms with E-state index in [1.54, 1.807) is 0 Å². The van der Waals surface area contributed by atoms with Gasteiger partial charge in [-0.2, -0.15) is 0 Å². The molecule has 0 heterocycles. The number of hydrogen-bond acceptors (Lipinski definition) is 2. The molecule has 0 aliphatic heterocycles. The van der Waals surface area contributed by atoms with Crippen LogP contribution in [-0.2, 0) is 6.54 Å². The molecule has 1 N–H and O–H groups in total. The van der Waals surface area contributed by atoms with Crippen molar-refractivity contribution in [3.63, 3.8) is 0 Å². The van der Waals surface area contributed by atoms with Crippen molar-refractivity contribution in [2.24, 2.45) is 0 Å². The van der Waals surface area contributed by atoms with Crippen molar-refractivity contribution >= 4 is 0 Å². The van der Waals surface area contributed by atoms with Crippen LogP contribution in [0, 0.1) is 13.8 Å². The Hall–Kier alpha value is -0.860. The first-order chi connectivity index (χ1) is 7.65. The number of hydrogen-bond donors (Lipinski definition) is 1. The molecule has 1 aromatic carbocycles. The molecular formula is C14H23NO. The maximum Gasteiger partial charge on any atom is 0.0443 e. The van der Waals surface area contributed by atoms with Gasteiger partial charge in [0.15, 0.2) is 0 Å². The Bertz CT molecular complexity index is 302. The summed E-state index contributed by atoms with van der Waals surface area (Å²) in [4.78, 5) is 2.37. The van der Waals surface area contributed by atoms with Gasteiger partial charge in [-0.1, -0.05) is 36.2 Å². The first-order valence-electron chi connectivity index (χ1n) is 6.06. The Morgan fingerprint density at radius 3 is 2.25 bits per heavy atom. The first-order valence-corrected chi connectivity index (χ1v) is 6.06. The lowest BCUT2D eigenvalue weighted by atomic mass is 10.1. The summed E-state index contributed by atoms with van der Waals surface area (Å²) in [5, 5.41) is 8.84. The second-order valence-electron chi connectivity index (χ2n) is 4.44. The second kappa shape index (κ2) is 6.66. The second-order valence-corrected chi connectivity index (χ2v) is 4.44. The molecule has 90 valence electrons. The quantitative estimate of drug-likeness (QED) is 0.798. The number of benzene rings is 1. The van der Waals surface area contributed by atoms with Crippen LogP contribution in [0.5, 0.6) is 0 Å². The van der Waals surface area contributed by atoms with Gasteiger partial charge in [-0.3, -0.25) is 4.90 Å². The summed E-state index contributed by atoms with van der Waals surface area (Å²) in [6, 6.07) is 6.69. The zero-order valence-corrected chi connectivity index (χ0v) is 10.7. The third kappa shape index (κ3) is 4.33. The number of aliphatic hydroxyl groups excluding tert-OH is 1. The Morgan fingerprint density at radius 1 is 1.12 bits per heavy atom. The number of nitrogens with zero attached hydrogens (tertiary/aromatic N) is 1. The SMILES string of the molecule is CCN(CCCO)Cc1cc(C)cc(C)c1. The van der Waals surface area contributed by atoms with E-state index in [4.69, 9.17) is 5.11 Å². The molecule has 0 aromatic heterocycles. The van der Waals surface area contributed by atoms with E-state index in [2.05, 4.69) is 43.9 Å². The van der Waals surface area contributed by atoms with Crippen molar-refractivity contribution in [2.45, 2.75) is 33.7 Å². The summed E-state index contributed by atoms with van der Waals surface area (Å²) in [5.41, 5.74) is 4.03. The maximum absolute atomic E-state index is 8.84. The molecule has 1 rings (SSSR count). The largest absolute Gasteiger partial charge is 0.396 e. The van der Waals surface area contributed by atoms with Crippen LogP contribution in [0.15, 0.2) is 18.2 Å². The smallest absolute Gasteiger partial charge is 0.0443 e. The van der Waals surface area contributed by atoms with E-state index in [-0.39, 0.29) is 6.61 Å².